The van der Waals surface area contributed by atoms with Gasteiger partial charge < -0.3 is 12.9 Å². The molecule has 0 spiro atoms. The van der Waals surface area contributed by atoms with Crippen LogP contribution in [0.1, 0.15) is 0 Å². The van der Waals surface area contributed by atoms with Crippen molar-refractivity contribution in [3.8, 4) is 0 Å². The van der Waals surface area contributed by atoms with Crippen LogP contribution in [0.15, 0.2) is 11.9 Å². The first-order chi connectivity index (χ1) is 4.33. The van der Waals surface area contributed by atoms with E-state index < -0.39 is 25.2 Å². The summed E-state index contributed by atoms with van der Waals surface area (Å²) >= 11 is 0. The minimum absolute atomic E-state index is 2.14. The molecule has 0 nitrogen and oxygen atoms in total. The quantitative estimate of drug-likeness (QED) is 0.433. The van der Waals surface area contributed by atoms with E-state index in [1.807, 2.05) is 0 Å². The lowest BCUT2D eigenvalue weighted by atomic mass is 9.86. The second kappa shape index (κ2) is 2.98. The van der Waals surface area contributed by atoms with Crippen molar-refractivity contribution in [2.75, 3.05) is 0 Å². The maximum Gasteiger partial charge on any atom is 0.485 e. The van der Waals surface area contributed by atoms with Crippen LogP contribution in [-0.2, 0) is 0 Å². The van der Waals surface area contributed by atoms with E-state index in [0.717, 1.165) is 0 Å². The van der Waals surface area contributed by atoms with Gasteiger partial charge in [-0.15, -0.1) is 0 Å². The van der Waals surface area contributed by atoms with Gasteiger partial charge in [-0.25, -0.2) is 4.39 Å². The molecule has 7 heteroatoms. The van der Waals surface area contributed by atoms with Crippen LogP contribution in [0.3, 0.4) is 0 Å². The third kappa shape index (κ3) is 4.28. The minimum Gasteiger partial charge on any atom is -0.449 e. The normalized spacial score (nSPS) is 11.4. The molecule has 0 N–H and O–H groups in total. The summed E-state index contributed by atoms with van der Waals surface area (Å²) in [5.41, 5.74) is 0. The Morgan fingerprint density at radius 1 is 1.00 bits per heavy atom. The molecule has 0 aromatic heterocycles. The van der Waals surface area contributed by atoms with E-state index in [2.05, 4.69) is 0 Å². The molecule has 0 aromatic carbocycles. The molecule has 0 radical (unpaired) electrons. The summed E-state index contributed by atoms with van der Waals surface area (Å²) in [6.07, 6.45) is -5.04. The number of halogens is 6. The Hall–Kier alpha value is -0.615. The van der Waals surface area contributed by atoms with Crippen LogP contribution < -0.4 is 0 Å². The van der Waals surface area contributed by atoms with Crippen molar-refractivity contribution < 1.29 is 26.1 Å². The molecule has 0 atom stereocenters. The second-order valence-corrected chi connectivity index (χ2v) is 1.58. The molecule has 0 bridgehead atoms. The molecule has 0 aromatic rings. The van der Waals surface area contributed by atoms with Gasteiger partial charge in [0, 0.05) is 0 Å². The monoisotopic (exact) mass is 163 g/mol. The first-order valence-corrected chi connectivity index (χ1v) is 2.23. The number of allylic oxidation sites excluding steroid dienone is 1. The van der Waals surface area contributed by atoms with Gasteiger partial charge in [0.1, 0.15) is 5.83 Å². The van der Waals surface area contributed by atoms with Crippen molar-refractivity contribution in [1.29, 1.82) is 0 Å². The summed E-state index contributed by atoms with van der Waals surface area (Å²) in [4.78, 5) is 0. The lowest BCUT2D eigenvalue weighted by molar-refractivity contribution is 0.370. The van der Waals surface area contributed by atoms with Gasteiger partial charge in [-0.05, 0) is 6.32 Å². The highest BCUT2D eigenvalue weighted by molar-refractivity contribution is 6.59. The molecule has 10 heavy (non-hydrogen) atoms. The first-order valence-electron chi connectivity index (χ1n) is 2.23. The Morgan fingerprint density at radius 3 is 1.50 bits per heavy atom. The largest absolute Gasteiger partial charge is 0.485 e. The van der Waals surface area contributed by atoms with E-state index in [1.54, 1.807) is 0 Å². The Morgan fingerprint density at radius 2 is 1.40 bits per heavy atom. The summed E-state index contributed by atoms with van der Waals surface area (Å²) < 4.78 is 66.8. The van der Waals surface area contributed by atoms with Crippen molar-refractivity contribution in [3.05, 3.63) is 11.9 Å². The van der Waals surface area contributed by atoms with Crippen LogP contribution in [0.2, 0.25) is 6.32 Å². The average Bonchev–Trinajstić information content (AvgIpc) is 1.60. The van der Waals surface area contributed by atoms with Crippen molar-refractivity contribution in [2.24, 2.45) is 0 Å². The maximum atomic E-state index is 11.4. The minimum atomic E-state index is -5.49. The zero-order valence-electron chi connectivity index (χ0n) is 4.55. The highest BCUT2D eigenvalue weighted by Gasteiger charge is 2.26. The van der Waals surface area contributed by atoms with E-state index in [9.17, 15) is 26.1 Å². The predicted octanol–water partition coefficient (Wildman–Crippen LogP) is 2.91. The highest BCUT2D eigenvalue weighted by atomic mass is 19.4. The van der Waals surface area contributed by atoms with Gasteiger partial charge in [0.05, 0.1) is 0 Å². The average molecular weight is 163 g/mol. The van der Waals surface area contributed by atoms with Gasteiger partial charge >= 0.3 is 6.98 Å². The molecule has 0 aliphatic rings. The fourth-order valence-corrected chi connectivity index (χ4v) is 0.280. The SMILES string of the molecule is FC(F)=C(F)C[B-](F)(F)F. The number of hydrogen-bond donors (Lipinski definition) is 0. The molecule has 0 saturated carbocycles. The third-order valence-electron chi connectivity index (χ3n) is 0.616. The van der Waals surface area contributed by atoms with Crippen molar-refractivity contribution in [1.82, 2.24) is 0 Å². The molecule has 0 rings (SSSR count). The highest BCUT2D eigenvalue weighted by Crippen LogP contribution is 2.24. The molecular formula is C3H2BF6-. The van der Waals surface area contributed by atoms with Gasteiger partial charge in [-0.2, -0.15) is 8.78 Å². The summed E-state index contributed by atoms with van der Waals surface area (Å²) in [5.74, 6) is -2.40. The molecule has 0 unspecified atom stereocenters. The molecular weight excluding hydrogens is 161 g/mol. The second-order valence-electron chi connectivity index (χ2n) is 1.58. The van der Waals surface area contributed by atoms with Gasteiger partial charge in [0.2, 0.25) is 0 Å². The summed E-state index contributed by atoms with van der Waals surface area (Å²) in [6, 6.07) is 0. The number of hydrogen-bond acceptors (Lipinski definition) is 0. The molecule has 0 saturated heterocycles. The molecule has 0 aliphatic carbocycles. The van der Waals surface area contributed by atoms with Gasteiger partial charge in [0.25, 0.3) is 6.08 Å². The van der Waals surface area contributed by atoms with Crippen LogP contribution in [0.5, 0.6) is 0 Å². The van der Waals surface area contributed by atoms with Crippen LogP contribution in [-0.4, -0.2) is 6.98 Å². The Kier molecular flexibility index (Phi) is 2.80. The van der Waals surface area contributed by atoms with Crippen molar-refractivity contribution in [3.63, 3.8) is 0 Å². The summed E-state index contributed by atoms with van der Waals surface area (Å²) in [7, 11) is 0. The first kappa shape index (κ1) is 9.38. The van der Waals surface area contributed by atoms with Gasteiger partial charge in [-0.1, -0.05) is 0 Å². The molecule has 0 heterocycles. The smallest absolute Gasteiger partial charge is 0.449 e. The molecule has 60 valence electrons. The zero-order valence-corrected chi connectivity index (χ0v) is 4.55. The Bertz CT molecular complexity index is 142. The molecule has 0 aliphatic heterocycles. The fraction of sp³-hybridized carbons (Fsp3) is 0.333. The topological polar surface area (TPSA) is 0 Å². The van der Waals surface area contributed by atoms with E-state index >= 15 is 0 Å². The van der Waals surface area contributed by atoms with Crippen LogP contribution in [0.4, 0.5) is 26.1 Å². The van der Waals surface area contributed by atoms with Gasteiger partial charge in [-0.3, -0.25) is 0 Å². The van der Waals surface area contributed by atoms with Crippen LogP contribution >= 0.6 is 0 Å². The summed E-state index contributed by atoms with van der Waals surface area (Å²) in [5, 5.41) is 0. The van der Waals surface area contributed by atoms with E-state index in [4.69, 9.17) is 0 Å². The van der Waals surface area contributed by atoms with Crippen molar-refractivity contribution in [2.45, 2.75) is 6.32 Å². The van der Waals surface area contributed by atoms with Gasteiger partial charge in [0.15, 0.2) is 0 Å². The van der Waals surface area contributed by atoms with Crippen LogP contribution in [0.25, 0.3) is 0 Å². The standard InChI is InChI=1S/C3H2BF6/c5-2(3(6)7)1-4(8,9)10/h1H2/q-1. The number of rotatable bonds is 2. The van der Waals surface area contributed by atoms with E-state index in [1.165, 1.54) is 0 Å². The Labute approximate surface area is 52.6 Å². The zero-order chi connectivity index (χ0) is 8.36. The third-order valence-corrected chi connectivity index (χ3v) is 0.616. The molecule has 0 fully saturated rings. The summed E-state index contributed by atoms with van der Waals surface area (Å²) in [6.45, 7) is -5.49. The fourth-order valence-electron chi connectivity index (χ4n) is 0.280. The van der Waals surface area contributed by atoms with E-state index in [0.29, 0.717) is 0 Å². The lowest BCUT2D eigenvalue weighted by Crippen LogP contribution is -2.14. The maximum absolute atomic E-state index is 11.4. The van der Waals surface area contributed by atoms with E-state index in [-0.39, 0.29) is 0 Å². The Balaban J connectivity index is 4.06. The van der Waals surface area contributed by atoms with Crippen molar-refractivity contribution >= 4 is 6.98 Å². The van der Waals surface area contributed by atoms with Crippen LogP contribution in [0, 0.1) is 0 Å². The predicted molar refractivity (Wildman–Crippen MR) is 24.2 cm³/mol. The molecule has 0 amide bonds. The lowest BCUT2D eigenvalue weighted by Gasteiger charge is -2.09.